The van der Waals surface area contributed by atoms with E-state index in [1.165, 1.54) is 0 Å². The molecular formula is C13H16ClNO. The van der Waals surface area contributed by atoms with Crippen LogP contribution in [0.1, 0.15) is 30.0 Å². The van der Waals surface area contributed by atoms with E-state index in [1.54, 1.807) is 0 Å². The van der Waals surface area contributed by atoms with Crippen molar-refractivity contribution in [3.05, 3.63) is 46.2 Å². The Bertz CT molecular complexity index is 414. The molecular weight excluding hydrogens is 222 g/mol. The van der Waals surface area contributed by atoms with E-state index >= 15 is 0 Å². The number of hydrogen-bond acceptors (Lipinski definition) is 2. The van der Waals surface area contributed by atoms with E-state index in [0.29, 0.717) is 0 Å². The second-order valence-electron chi connectivity index (χ2n) is 4.03. The first-order valence-corrected chi connectivity index (χ1v) is 5.91. The molecule has 2 N–H and O–H groups in total. The van der Waals surface area contributed by atoms with E-state index in [0.717, 1.165) is 41.4 Å². The summed E-state index contributed by atoms with van der Waals surface area (Å²) >= 11 is 6.08. The molecule has 1 aromatic rings. The zero-order valence-electron chi connectivity index (χ0n) is 9.37. The second-order valence-corrected chi connectivity index (χ2v) is 4.44. The Kier molecular flexibility index (Phi) is 3.52. The molecule has 16 heavy (non-hydrogen) atoms. The van der Waals surface area contributed by atoms with E-state index < -0.39 is 0 Å². The zero-order valence-corrected chi connectivity index (χ0v) is 10.1. The topological polar surface area (TPSA) is 35.2 Å². The van der Waals surface area contributed by atoms with Crippen LogP contribution >= 0.6 is 11.6 Å². The highest BCUT2D eigenvalue weighted by Gasteiger charge is 2.18. The highest BCUT2D eigenvalue weighted by molar-refractivity contribution is 6.31. The lowest BCUT2D eigenvalue weighted by Crippen LogP contribution is -2.18. The van der Waals surface area contributed by atoms with Crippen LogP contribution in [0.2, 0.25) is 5.02 Å². The fourth-order valence-corrected chi connectivity index (χ4v) is 2.09. The lowest BCUT2D eigenvalue weighted by atomic mass is 9.99. The molecule has 0 spiro atoms. The van der Waals surface area contributed by atoms with Crippen LogP contribution in [-0.4, -0.2) is 6.61 Å². The lowest BCUT2D eigenvalue weighted by molar-refractivity contribution is 0.175. The minimum Gasteiger partial charge on any atom is -0.496 e. The van der Waals surface area contributed by atoms with Gasteiger partial charge < -0.3 is 10.5 Å². The summed E-state index contributed by atoms with van der Waals surface area (Å²) in [5, 5.41) is 0.754. The highest BCUT2D eigenvalue weighted by atomic mass is 35.5. The number of allylic oxidation sites excluding steroid dienone is 1. The van der Waals surface area contributed by atoms with Gasteiger partial charge in [0.2, 0.25) is 0 Å². The predicted molar refractivity (Wildman–Crippen MR) is 66.4 cm³/mol. The Morgan fingerprint density at radius 1 is 1.44 bits per heavy atom. The molecule has 0 aliphatic carbocycles. The summed E-state index contributed by atoms with van der Waals surface area (Å²) < 4.78 is 5.58. The van der Waals surface area contributed by atoms with Crippen molar-refractivity contribution in [1.29, 1.82) is 0 Å². The van der Waals surface area contributed by atoms with E-state index in [2.05, 4.69) is 6.08 Å². The molecule has 0 bridgehead atoms. The molecule has 0 amide bonds. The van der Waals surface area contributed by atoms with Gasteiger partial charge in [0.15, 0.2) is 0 Å². The van der Waals surface area contributed by atoms with Gasteiger partial charge in [0.1, 0.15) is 5.76 Å². The van der Waals surface area contributed by atoms with Crippen LogP contribution in [0.4, 0.5) is 0 Å². The third-order valence-corrected chi connectivity index (χ3v) is 3.32. The molecule has 0 aromatic heterocycles. The molecule has 0 saturated heterocycles. The van der Waals surface area contributed by atoms with E-state index in [4.69, 9.17) is 22.1 Å². The quantitative estimate of drug-likeness (QED) is 0.856. The van der Waals surface area contributed by atoms with Crippen molar-refractivity contribution in [3.8, 4) is 0 Å². The first-order valence-electron chi connectivity index (χ1n) is 5.53. The monoisotopic (exact) mass is 237 g/mol. The molecule has 3 heteroatoms. The van der Waals surface area contributed by atoms with Crippen molar-refractivity contribution in [2.45, 2.75) is 25.8 Å². The molecule has 2 nitrogen and oxygen atoms in total. The number of halogens is 1. The molecule has 1 atom stereocenters. The van der Waals surface area contributed by atoms with Crippen LogP contribution in [-0.2, 0) is 4.74 Å². The predicted octanol–water partition coefficient (Wildman–Crippen LogP) is 3.34. The largest absolute Gasteiger partial charge is 0.496 e. The van der Waals surface area contributed by atoms with E-state index in [-0.39, 0.29) is 6.04 Å². The maximum absolute atomic E-state index is 6.19. The van der Waals surface area contributed by atoms with E-state index in [1.807, 2.05) is 25.1 Å². The Morgan fingerprint density at radius 2 is 2.25 bits per heavy atom. The Morgan fingerprint density at radius 3 is 2.94 bits per heavy atom. The number of ether oxygens (including phenoxy) is 1. The van der Waals surface area contributed by atoms with Crippen LogP contribution in [0, 0.1) is 6.92 Å². The summed E-state index contributed by atoms with van der Waals surface area (Å²) in [6.07, 6.45) is 4.20. The van der Waals surface area contributed by atoms with Crippen molar-refractivity contribution >= 4 is 11.6 Å². The average Bonchev–Trinajstić information content (AvgIpc) is 2.33. The first-order chi connectivity index (χ1) is 7.70. The van der Waals surface area contributed by atoms with Gasteiger partial charge in [-0.3, -0.25) is 0 Å². The molecule has 1 aliphatic heterocycles. The summed E-state index contributed by atoms with van der Waals surface area (Å²) in [6, 6.07) is 5.61. The van der Waals surface area contributed by atoms with Gasteiger partial charge >= 0.3 is 0 Å². The minimum atomic E-state index is -0.195. The number of benzene rings is 1. The number of rotatable bonds is 2. The molecule has 0 saturated carbocycles. The van der Waals surface area contributed by atoms with Crippen molar-refractivity contribution in [3.63, 3.8) is 0 Å². The normalized spacial score (nSPS) is 17.6. The minimum absolute atomic E-state index is 0.195. The van der Waals surface area contributed by atoms with Gasteiger partial charge in [0.05, 0.1) is 12.6 Å². The molecule has 1 heterocycles. The summed E-state index contributed by atoms with van der Waals surface area (Å²) in [5.74, 6) is 0.872. The van der Waals surface area contributed by atoms with E-state index in [9.17, 15) is 0 Å². The Labute approximate surface area is 101 Å². The second kappa shape index (κ2) is 4.89. The fourth-order valence-electron chi connectivity index (χ4n) is 1.91. The lowest BCUT2D eigenvalue weighted by Gasteiger charge is -2.22. The van der Waals surface area contributed by atoms with Gasteiger partial charge in [-0.2, -0.15) is 0 Å². The summed E-state index contributed by atoms with van der Waals surface area (Å²) in [7, 11) is 0. The van der Waals surface area contributed by atoms with Gasteiger partial charge in [0.25, 0.3) is 0 Å². The van der Waals surface area contributed by atoms with Gasteiger partial charge in [-0.15, -0.1) is 0 Å². The average molecular weight is 238 g/mol. The summed E-state index contributed by atoms with van der Waals surface area (Å²) in [4.78, 5) is 0. The Balaban J connectivity index is 2.29. The number of hydrogen-bond donors (Lipinski definition) is 1. The molecule has 1 aliphatic rings. The van der Waals surface area contributed by atoms with Crippen LogP contribution in [0.5, 0.6) is 0 Å². The van der Waals surface area contributed by atoms with Crippen molar-refractivity contribution in [2.75, 3.05) is 6.61 Å². The van der Waals surface area contributed by atoms with Gasteiger partial charge in [-0.05, 0) is 43.0 Å². The molecule has 0 radical (unpaired) electrons. The SMILES string of the molecule is Cc1c(Cl)cccc1C(N)C1=CCCCO1. The van der Waals surface area contributed by atoms with Crippen molar-refractivity contribution in [1.82, 2.24) is 0 Å². The third kappa shape index (κ3) is 2.23. The summed E-state index contributed by atoms with van der Waals surface area (Å²) in [6.45, 7) is 2.75. The fraction of sp³-hybridized carbons (Fsp3) is 0.385. The van der Waals surface area contributed by atoms with Crippen LogP contribution in [0.3, 0.4) is 0 Å². The van der Waals surface area contributed by atoms with Crippen LogP contribution in [0.25, 0.3) is 0 Å². The zero-order chi connectivity index (χ0) is 11.5. The van der Waals surface area contributed by atoms with Crippen molar-refractivity contribution < 1.29 is 4.74 Å². The van der Waals surface area contributed by atoms with Crippen molar-refractivity contribution in [2.24, 2.45) is 5.73 Å². The highest BCUT2D eigenvalue weighted by Crippen LogP contribution is 2.29. The number of nitrogens with two attached hydrogens (primary N) is 1. The maximum atomic E-state index is 6.19. The van der Waals surface area contributed by atoms with Gasteiger partial charge in [-0.1, -0.05) is 23.7 Å². The first kappa shape index (κ1) is 11.5. The van der Waals surface area contributed by atoms with Gasteiger partial charge in [-0.25, -0.2) is 0 Å². The third-order valence-electron chi connectivity index (χ3n) is 2.91. The molecule has 1 unspecified atom stereocenters. The molecule has 1 aromatic carbocycles. The van der Waals surface area contributed by atoms with Crippen LogP contribution in [0.15, 0.2) is 30.0 Å². The van der Waals surface area contributed by atoms with Gasteiger partial charge in [0, 0.05) is 5.02 Å². The summed E-state index contributed by atoms with van der Waals surface area (Å²) in [5.41, 5.74) is 8.26. The molecule has 2 rings (SSSR count). The smallest absolute Gasteiger partial charge is 0.113 e. The van der Waals surface area contributed by atoms with Crippen LogP contribution < -0.4 is 5.73 Å². The maximum Gasteiger partial charge on any atom is 0.113 e. The molecule has 86 valence electrons. The Hall–Kier alpha value is -0.990. The molecule has 0 fully saturated rings. The standard InChI is InChI=1S/C13H16ClNO/c1-9-10(5-4-6-11(9)14)13(15)12-7-2-3-8-16-12/h4-7,13H,2-3,8,15H2,1H3.